The molecule has 0 unspecified atom stereocenters. The average molecular weight is 442 g/mol. The van der Waals surface area contributed by atoms with Gasteiger partial charge in [-0.3, -0.25) is 14.5 Å². The van der Waals surface area contributed by atoms with Gasteiger partial charge in [0, 0.05) is 24.0 Å². The first-order valence-corrected chi connectivity index (χ1v) is 11.1. The number of nitrogens with one attached hydrogen (secondary N) is 1. The Morgan fingerprint density at radius 1 is 1.23 bits per heavy atom. The summed E-state index contributed by atoms with van der Waals surface area (Å²) in [6, 6.07) is 9.22. The molecule has 4 rings (SSSR count). The van der Waals surface area contributed by atoms with Gasteiger partial charge in [0.2, 0.25) is 5.91 Å². The molecule has 1 N–H and O–H groups in total. The van der Waals surface area contributed by atoms with Gasteiger partial charge in [0.25, 0.3) is 5.91 Å². The summed E-state index contributed by atoms with van der Waals surface area (Å²) in [5.41, 5.74) is -0.314. The van der Waals surface area contributed by atoms with Gasteiger partial charge in [-0.25, -0.2) is 9.18 Å². The monoisotopic (exact) mass is 441 g/mol. The van der Waals surface area contributed by atoms with Gasteiger partial charge in [0.15, 0.2) is 0 Å². The molecule has 162 valence electrons. The first-order chi connectivity index (χ1) is 14.9. The molecule has 0 saturated carbocycles. The fourth-order valence-corrected chi connectivity index (χ4v) is 4.85. The zero-order valence-electron chi connectivity index (χ0n) is 17.2. The van der Waals surface area contributed by atoms with Crippen LogP contribution in [0, 0.1) is 11.7 Å². The van der Waals surface area contributed by atoms with Crippen molar-refractivity contribution in [2.24, 2.45) is 5.92 Å². The van der Waals surface area contributed by atoms with Crippen LogP contribution in [0.1, 0.15) is 30.2 Å². The Kier molecular flexibility index (Phi) is 5.91. The molecule has 0 radical (unpaired) electrons. The lowest BCUT2D eigenvalue weighted by atomic mass is 9.79. The standard InChI is InChI=1S/C23H24FN3O3S/c1-23(21(29)27(22(30)25-23)15-16-4-6-18(24)7-5-16)17-10-12-26(13-11-17)20(28)9-8-19-3-2-14-31-19/h2-9,14,17H,10-13,15H2,1H3,(H,25,30)/b9-8+/t23-/m1/s1. The second-order valence-corrected chi connectivity index (χ2v) is 9.08. The highest BCUT2D eigenvalue weighted by Gasteiger charge is 2.52. The molecule has 8 heteroatoms. The van der Waals surface area contributed by atoms with E-state index in [1.54, 1.807) is 41.4 Å². The molecule has 2 aromatic rings. The molecule has 31 heavy (non-hydrogen) atoms. The van der Waals surface area contributed by atoms with Gasteiger partial charge in [-0.05, 0) is 60.9 Å². The molecular formula is C23H24FN3O3S. The second kappa shape index (κ2) is 8.63. The van der Waals surface area contributed by atoms with Gasteiger partial charge in [-0.1, -0.05) is 18.2 Å². The van der Waals surface area contributed by atoms with Crippen molar-refractivity contribution in [3.63, 3.8) is 0 Å². The van der Waals surface area contributed by atoms with Crippen LogP contribution in [0.2, 0.25) is 0 Å². The summed E-state index contributed by atoms with van der Waals surface area (Å²) >= 11 is 1.57. The normalized spacial score (nSPS) is 22.4. The third-order valence-electron chi connectivity index (χ3n) is 6.11. The fourth-order valence-electron chi connectivity index (χ4n) is 4.23. The van der Waals surface area contributed by atoms with Crippen LogP contribution < -0.4 is 5.32 Å². The summed E-state index contributed by atoms with van der Waals surface area (Å²) in [5, 5.41) is 4.83. The third kappa shape index (κ3) is 4.39. The molecular weight excluding hydrogens is 417 g/mol. The summed E-state index contributed by atoms with van der Waals surface area (Å²) < 4.78 is 13.1. The molecule has 2 aliphatic rings. The lowest BCUT2D eigenvalue weighted by Gasteiger charge is -2.38. The smallest absolute Gasteiger partial charge is 0.325 e. The Morgan fingerprint density at radius 2 is 1.94 bits per heavy atom. The number of piperidine rings is 1. The van der Waals surface area contributed by atoms with Crippen LogP contribution >= 0.6 is 11.3 Å². The van der Waals surface area contributed by atoms with E-state index in [1.807, 2.05) is 23.6 Å². The SMILES string of the molecule is C[C@]1(C2CCN(C(=O)/C=C/c3cccs3)CC2)NC(=O)N(Cc2ccc(F)cc2)C1=O. The van der Waals surface area contributed by atoms with Crippen molar-refractivity contribution in [3.05, 3.63) is 64.1 Å². The highest BCUT2D eigenvalue weighted by atomic mass is 32.1. The van der Waals surface area contributed by atoms with E-state index >= 15 is 0 Å². The Morgan fingerprint density at radius 3 is 2.58 bits per heavy atom. The van der Waals surface area contributed by atoms with Crippen molar-refractivity contribution in [3.8, 4) is 0 Å². The number of hydrogen-bond donors (Lipinski definition) is 1. The van der Waals surface area contributed by atoms with E-state index in [4.69, 9.17) is 0 Å². The predicted octanol–water partition coefficient (Wildman–Crippen LogP) is 3.65. The van der Waals surface area contributed by atoms with E-state index in [-0.39, 0.29) is 30.1 Å². The lowest BCUT2D eigenvalue weighted by molar-refractivity contribution is -0.134. The van der Waals surface area contributed by atoms with Crippen molar-refractivity contribution >= 4 is 35.3 Å². The topological polar surface area (TPSA) is 69.7 Å². The predicted molar refractivity (Wildman–Crippen MR) is 117 cm³/mol. The quantitative estimate of drug-likeness (QED) is 0.569. The van der Waals surface area contributed by atoms with Crippen LogP contribution in [0.3, 0.4) is 0 Å². The van der Waals surface area contributed by atoms with Crippen molar-refractivity contribution in [1.82, 2.24) is 15.1 Å². The van der Waals surface area contributed by atoms with Crippen molar-refractivity contribution < 1.29 is 18.8 Å². The van der Waals surface area contributed by atoms with E-state index in [1.165, 1.54) is 17.0 Å². The summed E-state index contributed by atoms with van der Waals surface area (Å²) in [6.07, 6.45) is 4.66. The minimum absolute atomic E-state index is 0.0447. The van der Waals surface area contributed by atoms with Crippen LogP contribution in [0.5, 0.6) is 0 Å². The van der Waals surface area contributed by atoms with Crippen LogP contribution in [-0.2, 0) is 16.1 Å². The number of hydrogen-bond acceptors (Lipinski definition) is 4. The van der Waals surface area contributed by atoms with Gasteiger partial charge in [-0.15, -0.1) is 11.3 Å². The number of benzene rings is 1. The highest BCUT2D eigenvalue weighted by Crippen LogP contribution is 2.34. The number of amides is 4. The first kappa shape index (κ1) is 21.2. The maximum absolute atomic E-state index is 13.1. The minimum atomic E-state index is -1.00. The number of thiophene rings is 1. The van der Waals surface area contributed by atoms with Crippen LogP contribution in [-0.4, -0.2) is 46.3 Å². The minimum Gasteiger partial charge on any atom is -0.339 e. The van der Waals surface area contributed by atoms with E-state index in [2.05, 4.69) is 5.32 Å². The summed E-state index contributed by atoms with van der Waals surface area (Å²) in [4.78, 5) is 42.1. The van der Waals surface area contributed by atoms with Crippen molar-refractivity contribution in [1.29, 1.82) is 0 Å². The zero-order chi connectivity index (χ0) is 22.0. The Bertz CT molecular complexity index is 998. The second-order valence-electron chi connectivity index (χ2n) is 8.10. The van der Waals surface area contributed by atoms with Gasteiger partial charge in [0.1, 0.15) is 11.4 Å². The number of carbonyl (C=O) groups excluding carboxylic acids is 3. The summed E-state index contributed by atoms with van der Waals surface area (Å²) in [5.74, 6) is -0.745. The zero-order valence-corrected chi connectivity index (χ0v) is 18.0. The van der Waals surface area contributed by atoms with E-state index in [9.17, 15) is 18.8 Å². The maximum Gasteiger partial charge on any atom is 0.325 e. The molecule has 2 aliphatic heterocycles. The number of likely N-dealkylation sites (tertiary alicyclic amines) is 1. The van der Waals surface area contributed by atoms with Crippen LogP contribution in [0.25, 0.3) is 6.08 Å². The van der Waals surface area contributed by atoms with E-state index < -0.39 is 11.6 Å². The Labute approximate surface area is 184 Å². The van der Waals surface area contributed by atoms with Gasteiger partial charge < -0.3 is 10.2 Å². The first-order valence-electron chi connectivity index (χ1n) is 10.3. The molecule has 3 heterocycles. The molecule has 0 spiro atoms. The van der Waals surface area contributed by atoms with Crippen molar-refractivity contribution in [2.75, 3.05) is 13.1 Å². The molecule has 1 aromatic heterocycles. The molecule has 2 fully saturated rings. The number of halogens is 1. The van der Waals surface area contributed by atoms with Crippen LogP contribution in [0.15, 0.2) is 47.9 Å². The molecule has 6 nitrogen and oxygen atoms in total. The van der Waals surface area contributed by atoms with E-state index in [0.29, 0.717) is 31.5 Å². The van der Waals surface area contributed by atoms with Crippen molar-refractivity contribution in [2.45, 2.75) is 31.8 Å². The molecule has 0 aliphatic carbocycles. The lowest BCUT2D eigenvalue weighted by Crippen LogP contribution is -2.54. The van der Waals surface area contributed by atoms with Gasteiger partial charge >= 0.3 is 6.03 Å². The molecule has 1 atom stereocenters. The van der Waals surface area contributed by atoms with Crippen LogP contribution in [0.4, 0.5) is 9.18 Å². The number of rotatable bonds is 5. The summed E-state index contributed by atoms with van der Waals surface area (Å²) in [7, 11) is 0. The Balaban J connectivity index is 1.37. The number of imide groups is 1. The fraction of sp³-hybridized carbons (Fsp3) is 0.348. The maximum atomic E-state index is 13.1. The Hall–Kier alpha value is -3.00. The van der Waals surface area contributed by atoms with Gasteiger partial charge in [0.05, 0.1) is 6.54 Å². The number of urea groups is 1. The average Bonchev–Trinajstić information content (AvgIpc) is 3.37. The molecule has 1 aromatic carbocycles. The van der Waals surface area contributed by atoms with Gasteiger partial charge in [-0.2, -0.15) is 0 Å². The molecule has 0 bridgehead atoms. The third-order valence-corrected chi connectivity index (χ3v) is 6.95. The summed E-state index contributed by atoms with van der Waals surface area (Å²) in [6.45, 7) is 2.94. The molecule has 4 amide bonds. The largest absolute Gasteiger partial charge is 0.339 e. The highest BCUT2D eigenvalue weighted by molar-refractivity contribution is 7.10. The van der Waals surface area contributed by atoms with E-state index in [0.717, 1.165) is 4.88 Å². The molecule has 2 saturated heterocycles. The number of carbonyl (C=O) groups is 3. The number of nitrogens with zero attached hydrogens (tertiary/aromatic N) is 2.